The summed E-state index contributed by atoms with van der Waals surface area (Å²) in [6.45, 7) is 0. The van der Waals surface area contributed by atoms with Crippen molar-refractivity contribution in [2.24, 2.45) is 7.05 Å². The van der Waals surface area contributed by atoms with Gasteiger partial charge in [-0.05, 0) is 18.4 Å². The van der Waals surface area contributed by atoms with Crippen LogP contribution in [0.15, 0.2) is 53.7 Å². The van der Waals surface area contributed by atoms with E-state index in [0.717, 1.165) is 36.3 Å². The maximum Gasteiger partial charge on any atom is 0.278 e. The Bertz CT molecular complexity index is 1110. The number of hydrogen-bond acceptors (Lipinski definition) is 7. The first-order valence-corrected chi connectivity index (χ1v) is 9.15. The van der Waals surface area contributed by atoms with E-state index in [1.54, 1.807) is 18.7 Å². The zero-order valence-corrected chi connectivity index (χ0v) is 15.4. The molecule has 5 rings (SSSR count). The summed E-state index contributed by atoms with van der Waals surface area (Å²) < 4.78 is 7.36. The van der Waals surface area contributed by atoms with Crippen molar-refractivity contribution in [2.45, 2.75) is 24.7 Å². The van der Waals surface area contributed by atoms with Crippen molar-refractivity contribution < 1.29 is 4.52 Å². The van der Waals surface area contributed by atoms with Gasteiger partial charge in [0, 0.05) is 18.8 Å². The highest BCUT2D eigenvalue weighted by molar-refractivity contribution is 5.60. The largest absolute Gasteiger partial charge is 0.382 e. The lowest BCUT2D eigenvalue weighted by atomic mass is 9.64. The first kappa shape index (κ1) is 16.6. The number of imidazole rings is 1. The summed E-state index contributed by atoms with van der Waals surface area (Å²) in [6.07, 6.45) is 9.96. The van der Waals surface area contributed by atoms with Gasteiger partial charge in [-0.2, -0.15) is 4.98 Å². The van der Waals surface area contributed by atoms with Gasteiger partial charge in [-0.3, -0.25) is 4.98 Å². The molecule has 2 N–H and O–H groups in total. The van der Waals surface area contributed by atoms with Crippen molar-refractivity contribution in [2.75, 3.05) is 5.73 Å². The number of aromatic nitrogens is 6. The van der Waals surface area contributed by atoms with Crippen molar-refractivity contribution in [1.82, 2.24) is 29.7 Å². The summed E-state index contributed by atoms with van der Waals surface area (Å²) >= 11 is 0. The van der Waals surface area contributed by atoms with Crippen LogP contribution in [0.5, 0.6) is 0 Å². The molecule has 140 valence electrons. The molecule has 0 saturated heterocycles. The third-order valence-electron chi connectivity index (χ3n) is 5.39. The molecule has 0 unspecified atom stereocenters. The number of aryl methyl sites for hydroxylation is 1. The van der Waals surface area contributed by atoms with Crippen LogP contribution >= 0.6 is 0 Å². The molecule has 4 aromatic rings. The first-order chi connectivity index (χ1) is 13.6. The van der Waals surface area contributed by atoms with Crippen LogP contribution in [0.25, 0.3) is 22.8 Å². The highest BCUT2D eigenvalue weighted by Gasteiger charge is 2.44. The maximum absolute atomic E-state index is 5.62. The summed E-state index contributed by atoms with van der Waals surface area (Å²) in [5.74, 6) is 1.59. The Morgan fingerprint density at radius 1 is 1.04 bits per heavy atom. The van der Waals surface area contributed by atoms with Crippen LogP contribution in [-0.2, 0) is 12.5 Å². The Hall–Kier alpha value is -3.55. The molecule has 3 aromatic heterocycles. The van der Waals surface area contributed by atoms with Gasteiger partial charge < -0.3 is 14.8 Å². The molecule has 3 heterocycles. The number of nitrogens with two attached hydrogens (primary N) is 1. The number of rotatable bonds is 4. The second-order valence-corrected chi connectivity index (χ2v) is 7.19. The number of anilines is 1. The monoisotopic (exact) mass is 373 g/mol. The standard InChI is InChI=1S/C20H19N7O/c1-27-11-16(24-12-27)18-25-19(26-28-18)20(7-2-8-20)14-5-3-13(4-6-14)15-9-23-17(21)10-22-15/h3-6,9-12H,2,7-8H2,1H3,(H2,21,23). The summed E-state index contributed by atoms with van der Waals surface area (Å²) in [7, 11) is 1.91. The van der Waals surface area contributed by atoms with E-state index < -0.39 is 0 Å². The summed E-state index contributed by atoms with van der Waals surface area (Å²) in [5, 5.41) is 4.29. The molecule has 0 amide bonds. The van der Waals surface area contributed by atoms with Crippen LogP contribution in [0.2, 0.25) is 0 Å². The molecule has 8 heteroatoms. The van der Waals surface area contributed by atoms with Gasteiger partial charge in [-0.1, -0.05) is 35.8 Å². The van der Waals surface area contributed by atoms with E-state index in [2.05, 4.69) is 49.4 Å². The molecular formula is C20H19N7O. The van der Waals surface area contributed by atoms with E-state index in [9.17, 15) is 0 Å². The minimum Gasteiger partial charge on any atom is -0.382 e. The summed E-state index contributed by atoms with van der Waals surface area (Å²) in [5.41, 5.74) is 9.07. The number of nitrogen functional groups attached to an aromatic ring is 1. The molecule has 28 heavy (non-hydrogen) atoms. The van der Waals surface area contributed by atoms with E-state index in [1.165, 1.54) is 5.56 Å². The third kappa shape index (κ3) is 2.65. The topological polar surface area (TPSA) is 109 Å². The Morgan fingerprint density at radius 3 is 2.46 bits per heavy atom. The van der Waals surface area contributed by atoms with Crippen LogP contribution in [-0.4, -0.2) is 29.7 Å². The molecule has 0 bridgehead atoms. The Kier molecular flexibility index (Phi) is 3.71. The van der Waals surface area contributed by atoms with Gasteiger partial charge in [0.2, 0.25) is 0 Å². The molecular weight excluding hydrogens is 354 g/mol. The lowest BCUT2D eigenvalue weighted by Crippen LogP contribution is -2.36. The van der Waals surface area contributed by atoms with Crippen molar-refractivity contribution in [3.05, 3.63) is 60.6 Å². The van der Waals surface area contributed by atoms with Gasteiger partial charge in [0.1, 0.15) is 11.5 Å². The Morgan fingerprint density at radius 2 is 1.86 bits per heavy atom. The minimum absolute atomic E-state index is 0.206. The number of hydrogen-bond donors (Lipinski definition) is 1. The molecule has 1 aliphatic carbocycles. The molecule has 0 spiro atoms. The Balaban J connectivity index is 1.47. The zero-order valence-electron chi connectivity index (χ0n) is 15.4. The van der Waals surface area contributed by atoms with Gasteiger partial charge >= 0.3 is 0 Å². The molecule has 8 nitrogen and oxygen atoms in total. The molecule has 0 atom stereocenters. The average molecular weight is 373 g/mol. The van der Waals surface area contributed by atoms with E-state index >= 15 is 0 Å². The second kappa shape index (κ2) is 6.26. The van der Waals surface area contributed by atoms with Crippen LogP contribution < -0.4 is 5.73 Å². The smallest absolute Gasteiger partial charge is 0.278 e. The summed E-state index contributed by atoms with van der Waals surface area (Å²) in [4.78, 5) is 17.4. The van der Waals surface area contributed by atoms with Gasteiger partial charge in [0.15, 0.2) is 5.82 Å². The van der Waals surface area contributed by atoms with Gasteiger partial charge in [0.05, 0.1) is 29.8 Å². The predicted molar refractivity (Wildman–Crippen MR) is 103 cm³/mol. The van der Waals surface area contributed by atoms with E-state index in [-0.39, 0.29) is 5.41 Å². The molecule has 0 radical (unpaired) electrons. The van der Waals surface area contributed by atoms with E-state index in [1.807, 2.05) is 17.8 Å². The molecule has 0 aliphatic heterocycles. The number of nitrogens with zero attached hydrogens (tertiary/aromatic N) is 6. The van der Waals surface area contributed by atoms with Crippen LogP contribution in [0.3, 0.4) is 0 Å². The van der Waals surface area contributed by atoms with E-state index in [4.69, 9.17) is 10.3 Å². The first-order valence-electron chi connectivity index (χ1n) is 9.15. The SMILES string of the molecule is Cn1cnc(-c2nc(C3(c4ccc(-c5cnc(N)cn5)cc4)CCC3)no2)c1. The van der Waals surface area contributed by atoms with Gasteiger partial charge in [0.25, 0.3) is 5.89 Å². The predicted octanol–water partition coefficient (Wildman–Crippen LogP) is 2.98. The van der Waals surface area contributed by atoms with Crippen LogP contribution in [0, 0.1) is 0 Å². The van der Waals surface area contributed by atoms with Crippen molar-refractivity contribution in [1.29, 1.82) is 0 Å². The highest BCUT2D eigenvalue weighted by atomic mass is 16.5. The molecule has 1 aliphatic rings. The molecule has 1 saturated carbocycles. The fraction of sp³-hybridized carbons (Fsp3) is 0.250. The molecule has 1 aromatic carbocycles. The normalized spacial score (nSPS) is 15.3. The maximum atomic E-state index is 5.62. The fourth-order valence-corrected chi connectivity index (χ4v) is 3.66. The Labute approximate surface area is 161 Å². The van der Waals surface area contributed by atoms with Gasteiger partial charge in [-0.25, -0.2) is 9.97 Å². The van der Waals surface area contributed by atoms with Crippen LogP contribution in [0.1, 0.15) is 30.7 Å². The van der Waals surface area contributed by atoms with Crippen LogP contribution in [0.4, 0.5) is 5.82 Å². The second-order valence-electron chi connectivity index (χ2n) is 7.19. The third-order valence-corrected chi connectivity index (χ3v) is 5.39. The van der Waals surface area contributed by atoms with Gasteiger partial charge in [-0.15, -0.1) is 0 Å². The lowest BCUT2D eigenvalue weighted by Gasteiger charge is -2.39. The average Bonchev–Trinajstić information content (AvgIpc) is 3.32. The quantitative estimate of drug-likeness (QED) is 0.586. The van der Waals surface area contributed by atoms with Crippen molar-refractivity contribution in [3.8, 4) is 22.8 Å². The minimum atomic E-state index is -0.206. The lowest BCUT2D eigenvalue weighted by molar-refractivity contribution is 0.273. The summed E-state index contributed by atoms with van der Waals surface area (Å²) in [6, 6.07) is 8.33. The zero-order chi connectivity index (χ0) is 19.1. The highest BCUT2D eigenvalue weighted by Crippen LogP contribution is 2.48. The van der Waals surface area contributed by atoms with E-state index in [0.29, 0.717) is 17.4 Å². The van der Waals surface area contributed by atoms with Crippen molar-refractivity contribution in [3.63, 3.8) is 0 Å². The van der Waals surface area contributed by atoms with Crippen molar-refractivity contribution >= 4 is 5.82 Å². The number of benzene rings is 1. The molecule has 1 fully saturated rings. The fourth-order valence-electron chi connectivity index (χ4n) is 3.66.